The molecule has 1 fully saturated rings. The molecule has 7 nitrogen and oxygen atoms in total. The Kier molecular flexibility index (Phi) is 7.87. The van der Waals surface area contributed by atoms with Gasteiger partial charge in [0.2, 0.25) is 0 Å². The van der Waals surface area contributed by atoms with Crippen LogP contribution in [0.5, 0.6) is 5.75 Å². The van der Waals surface area contributed by atoms with E-state index >= 15 is 0 Å². The molecule has 1 unspecified atom stereocenters. The fourth-order valence-electron chi connectivity index (χ4n) is 4.26. The summed E-state index contributed by atoms with van der Waals surface area (Å²) in [5.74, 6) is 1.72. The predicted octanol–water partition coefficient (Wildman–Crippen LogP) is 0.348. The van der Waals surface area contributed by atoms with Crippen molar-refractivity contribution in [2.24, 2.45) is 0 Å². The second-order valence-electron chi connectivity index (χ2n) is 9.06. The molecule has 8 heteroatoms. The van der Waals surface area contributed by atoms with Crippen molar-refractivity contribution < 1.29 is 17.1 Å². The first-order chi connectivity index (χ1) is 15.0. The van der Waals surface area contributed by atoms with Crippen LogP contribution in [0.3, 0.4) is 0 Å². The maximum Gasteiger partial charge on any atom is 0.173 e. The topological polar surface area (TPSA) is 59.3 Å². The van der Waals surface area contributed by atoms with Crippen LogP contribution in [0.1, 0.15) is 43.8 Å². The van der Waals surface area contributed by atoms with Gasteiger partial charge >= 0.3 is 0 Å². The van der Waals surface area contributed by atoms with Gasteiger partial charge in [0.15, 0.2) is 5.82 Å². The number of aromatic nitrogens is 4. The van der Waals surface area contributed by atoms with Crippen molar-refractivity contribution in [2.75, 3.05) is 33.3 Å². The summed E-state index contributed by atoms with van der Waals surface area (Å²) in [6, 6.07) is 18.8. The Morgan fingerprint density at radius 2 is 1.59 bits per heavy atom. The summed E-state index contributed by atoms with van der Waals surface area (Å²) in [7, 11) is 1.72. The third kappa shape index (κ3) is 5.28. The average molecular weight is 456 g/mol. The number of para-hydroxylation sites is 1. The molecular weight excluding hydrogens is 424 g/mol. The minimum Gasteiger partial charge on any atom is -1.00 e. The lowest BCUT2D eigenvalue weighted by atomic mass is 10.0. The normalized spacial score (nSPS) is 16.4. The predicted molar refractivity (Wildman–Crippen MR) is 121 cm³/mol. The van der Waals surface area contributed by atoms with E-state index in [4.69, 9.17) is 4.74 Å². The summed E-state index contributed by atoms with van der Waals surface area (Å²) in [6.45, 7) is 11.2. The van der Waals surface area contributed by atoms with Crippen LogP contribution in [0.15, 0.2) is 54.6 Å². The first kappa shape index (κ1) is 24.2. The molecule has 1 atom stereocenters. The van der Waals surface area contributed by atoms with Gasteiger partial charge in [0.1, 0.15) is 11.8 Å². The molecule has 2 heterocycles. The van der Waals surface area contributed by atoms with Crippen LogP contribution in [0.2, 0.25) is 0 Å². The van der Waals surface area contributed by atoms with Gasteiger partial charge in [-0.3, -0.25) is 9.80 Å². The number of benzene rings is 2. The summed E-state index contributed by atoms with van der Waals surface area (Å²) >= 11 is 0. The van der Waals surface area contributed by atoms with Crippen molar-refractivity contribution >= 4 is 0 Å². The van der Waals surface area contributed by atoms with Gasteiger partial charge < -0.3 is 17.1 Å². The summed E-state index contributed by atoms with van der Waals surface area (Å²) < 4.78 is 7.67. The molecule has 1 aliphatic heterocycles. The van der Waals surface area contributed by atoms with E-state index < -0.39 is 0 Å². The highest BCUT2D eigenvalue weighted by atomic mass is 35.5. The number of hydrogen-bond acceptors (Lipinski definition) is 6. The quantitative estimate of drug-likeness (QED) is 0.534. The average Bonchev–Trinajstić information content (AvgIpc) is 3.26. The summed E-state index contributed by atoms with van der Waals surface area (Å²) in [4.78, 5) is 4.99. The highest BCUT2D eigenvalue weighted by Gasteiger charge is 2.34. The number of halogens is 1. The van der Waals surface area contributed by atoms with Crippen LogP contribution in [0.4, 0.5) is 0 Å². The molecule has 1 aromatic heterocycles. The molecule has 172 valence electrons. The van der Waals surface area contributed by atoms with Crippen LogP contribution >= 0.6 is 0 Å². The van der Waals surface area contributed by atoms with E-state index in [1.807, 2.05) is 16.8 Å². The maximum atomic E-state index is 5.73. The Hall–Kier alpha value is -2.48. The molecule has 0 bridgehead atoms. The Morgan fingerprint density at radius 3 is 2.25 bits per heavy atom. The largest absolute Gasteiger partial charge is 1.00 e. The number of nitrogens with zero attached hydrogens (tertiary/aromatic N) is 6. The van der Waals surface area contributed by atoms with Gasteiger partial charge in [-0.05, 0) is 42.8 Å². The molecule has 0 saturated carbocycles. The Balaban J connectivity index is 0.00000289. The lowest BCUT2D eigenvalue weighted by Gasteiger charge is -2.39. The number of tetrazole rings is 1. The maximum absolute atomic E-state index is 5.73. The number of hydrogen-bond donors (Lipinski definition) is 0. The Morgan fingerprint density at radius 1 is 0.938 bits per heavy atom. The van der Waals surface area contributed by atoms with Gasteiger partial charge in [-0.2, -0.15) is 0 Å². The summed E-state index contributed by atoms with van der Waals surface area (Å²) in [6.07, 6.45) is 0. The lowest BCUT2D eigenvalue weighted by Crippen LogP contribution is -3.00. The molecule has 3 aromatic rings. The van der Waals surface area contributed by atoms with Gasteiger partial charge in [-0.25, -0.2) is 4.68 Å². The molecule has 0 spiro atoms. The first-order valence-corrected chi connectivity index (χ1v) is 10.9. The van der Waals surface area contributed by atoms with Crippen LogP contribution in [-0.2, 0) is 12.1 Å². The molecular formula is C24H32ClN6O-. The van der Waals surface area contributed by atoms with E-state index in [1.165, 1.54) is 5.56 Å². The third-order valence-electron chi connectivity index (χ3n) is 5.83. The van der Waals surface area contributed by atoms with Crippen molar-refractivity contribution in [1.29, 1.82) is 0 Å². The minimum atomic E-state index is -0.214. The zero-order chi connectivity index (χ0) is 21.8. The van der Waals surface area contributed by atoms with E-state index in [1.54, 1.807) is 7.11 Å². The minimum absolute atomic E-state index is 0. The van der Waals surface area contributed by atoms with E-state index in [9.17, 15) is 0 Å². The molecule has 1 saturated heterocycles. The van der Waals surface area contributed by atoms with E-state index in [0.29, 0.717) is 0 Å². The number of ether oxygens (including phenoxy) is 1. The second-order valence-corrected chi connectivity index (χ2v) is 9.06. The standard InChI is InChI=1S/C24H32N6O.ClH/c1-24(2,3)30-23(25-26-27-30)22(20-12-8-9-13-21(20)31-4)29-16-14-28(15-17-29)18-19-10-6-5-7-11-19;/h5-13,22H,14-18H2,1-4H3;1H/p-1. The van der Waals surface area contributed by atoms with Crippen LogP contribution < -0.4 is 17.1 Å². The Bertz CT molecular complexity index is 979. The highest BCUT2D eigenvalue weighted by Crippen LogP contribution is 2.35. The first-order valence-electron chi connectivity index (χ1n) is 10.9. The van der Waals surface area contributed by atoms with Crippen LogP contribution in [0.25, 0.3) is 0 Å². The van der Waals surface area contributed by atoms with Gasteiger partial charge in [-0.1, -0.05) is 48.5 Å². The molecule has 0 radical (unpaired) electrons. The van der Waals surface area contributed by atoms with Crippen molar-refractivity contribution in [2.45, 2.75) is 38.9 Å². The van der Waals surface area contributed by atoms with Crippen molar-refractivity contribution in [3.63, 3.8) is 0 Å². The van der Waals surface area contributed by atoms with E-state index in [0.717, 1.165) is 49.9 Å². The van der Waals surface area contributed by atoms with Crippen molar-refractivity contribution in [3.05, 3.63) is 71.5 Å². The summed E-state index contributed by atoms with van der Waals surface area (Å²) in [5, 5.41) is 12.9. The fraction of sp³-hybridized carbons (Fsp3) is 0.458. The zero-order valence-electron chi connectivity index (χ0n) is 19.3. The lowest BCUT2D eigenvalue weighted by molar-refractivity contribution is -0.00000753. The summed E-state index contributed by atoms with van der Waals surface area (Å²) in [5.41, 5.74) is 2.24. The molecule has 2 aromatic carbocycles. The number of rotatable bonds is 6. The zero-order valence-corrected chi connectivity index (χ0v) is 20.0. The van der Waals surface area contributed by atoms with Crippen LogP contribution in [0, 0.1) is 0 Å². The monoisotopic (exact) mass is 455 g/mol. The van der Waals surface area contributed by atoms with Crippen molar-refractivity contribution in [1.82, 2.24) is 30.0 Å². The smallest absolute Gasteiger partial charge is 0.173 e. The van der Waals surface area contributed by atoms with Gasteiger partial charge in [0.05, 0.1) is 12.6 Å². The SMILES string of the molecule is COc1ccccc1C(c1nnnn1C(C)(C)C)N1CCN(Cc2ccccc2)CC1.[Cl-]. The van der Waals surface area contributed by atoms with E-state index in [-0.39, 0.29) is 24.0 Å². The van der Waals surface area contributed by atoms with Crippen LogP contribution in [-0.4, -0.2) is 63.3 Å². The Labute approximate surface area is 196 Å². The van der Waals surface area contributed by atoms with Gasteiger partial charge in [0, 0.05) is 38.3 Å². The number of methoxy groups -OCH3 is 1. The van der Waals surface area contributed by atoms with Crippen molar-refractivity contribution in [3.8, 4) is 5.75 Å². The van der Waals surface area contributed by atoms with Gasteiger partial charge in [0.25, 0.3) is 0 Å². The third-order valence-corrected chi connectivity index (χ3v) is 5.83. The molecule has 1 aliphatic rings. The highest BCUT2D eigenvalue weighted by molar-refractivity contribution is 5.39. The molecule has 0 aliphatic carbocycles. The molecule has 32 heavy (non-hydrogen) atoms. The van der Waals surface area contributed by atoms with Gasteiger partial charge in [-0.15, -0.1) is 5.10 Å². The second kappa shape index (κ2) is 10.4. The molecule has 4 rings (SSSR count). The molecule has 0 amide bonds. The molecule has 0 N–H and O–H groups in total. The van der Waals surface area contributed by atoms with E-state index in [2.05, 4.69) is 88.6 Å². The number of piperazine rings is 1. The fourth-order valence-corrected chi connectivity index (χ4v) is 4.26.